The van der Waals surface area contributed by atoms with Gasteiger partial charge in [-0.1, -0.05) is 44.7 Å². The first-order chi connectivity index (χ1) is 12.3. The lowest BCUT2D eigenvalue weighted by Crippen LogP contribution is -2.51. The van der Waals surface area contributed by atoms with Crippen LogP contribution in [0.2, 0.25) is 0 Å². The minimum atomic E-state index is -0.967. The minimum absolute atomic E-state index is 0.0623. The van der Waals surface area contributed by atoms with Crippen LogP contribution in [0.3, 0.4) is 0 Å². The highest BCUT2D eigenvalue weighted by Crippen LogP contribution is 2.69. The number of carbonyl (C=O) groups excluding carboxylic acids is 1. The molecule has 1 N–H and O–H groups in total. The molecule has 0 heterocycles. The van der Waals surface area contributed by atoms with Crippen molar-refractivity contribution in [3.05, 3.63) is 40.3 Å². The Bertz CT molecular complexity index is 784. The monoisotopic (exact) mass is 355 g/mol. The van der Waals surface area contributed by atoms with E-state index in [0.717, 1.165) is 19.3 Å². The Labute approximate surface area is 154 Å². The fraction of sp³-hybridized carbons (Fsp3) is 0.571. The molecule has 3 unspecified atom stereocenters. The van der Waals surface area contributed by atoms with Crippen molar-refractivity contribution in [3.63, 3.8) is 0 Å². The lowest BCUT2D eigenvalue weighted by atomic mass is 9.59. The Morgan fingerprint density at radius 3 is 2.69 bits per heavy atom. The molecule has 2 bridgehead atoms. The standard InChI is InChI=1S/C21H25NO4/c1-19(2)16-9-10-20(3,14-16)21(19,22-25)11-8-15-6-4-5-7-17(15)18(24)26-13-12-23/h4-7,16,23H,9-10,12-14H2,1-3H3. The maximum absolute atomic E-state index is 12.2. The third kappa shape index (κ3) is 2.55. The zero-order valence-corrected chi connectivity index (χ0v) is 15.5. The quantitative estimate of drug-likeness (QED) is 0.509. The first-order valence-electron chi connectivity index (χ1n) is 9.06. The van der Waals surface area contributed by atoms with Gasteiger partial charge in [0.05, 0.1) is 12.2 Å². The van der Waals surface area contributed by atoms with Gasteiger partial charge < -0.3 is 9.84 Å². The van der Waals surface area contributed by atoms with E-state index < -0.39 is 11.5 Å². The van der Waals surface area contributed by atoms with E-state index in [0.29, 0.717) is 17.0 Å². The first-order valence-corrected chi connectivity index (χ1v) is 9.06. The number of aliphatic hydroxyl groups is 1. The van der Waals surface area contributed by atoms with Crippen molar-refractivity contribution in [2.75, 3.05) is 13.2 Å². The second kappa shape index (κ2) is 6.51. The molecule has 2 aliphatic carbocycles. The number of nitrogens with zero attached hydrogens (tertiary/aromatic N) is 1. The van der Waals surface area contributed by atoms with Gasteiger partial charge in [-0.25, -0.2) is 4.79 Å². The van der Waals surface area contributed by atoms with Gasteiger partial charge in [-0.3, -0.25) is 0 Å². The predicted octanol–water partition coefficient (Wildman–Crippen LogP) is 3.54. The zero-order valence-electron chi connectivity index (χ0n) is 15.5. The Kier molecular flexibility index (Phi) is 4.66. The molecule has 1 aromatic rings. The van der Waals surface area contributed by atoms with Crippen LogP contribution >= 0.6 is 0 Å². The van der Waals surface area contributed by atoms with Crippen LogP contribution in [-0.4, -0.2) is 29.8 Å². The van der Waals surface area contributed by atoms with Crippen molar-refractivity contribution in [1.82, 2.24) is 0 Å². The summed E-state index contributed by atoms with van der Waals surface area (Å²) < 4.78 is 5.01. The second-order valence-corrected chi connectivity index (χ2v) is 8.18. The smallest absolute Gasteiger partial charge is 0.339 e. The van der Waals surface area contributed by atoms with Gasteiger partial charge in [-0.15, -0.1) is 4.91 Å². The van der Waals surface area contributed by atoms with Gasteiger partial charge in [0, 0.05) is 16.4 Å². The Morgan fingerprint density at radius 1 is 1.35 bits per heavy atom. The fourth-order valence-electron chi connectivity index (χ4n) is 4.97. The van der Waals surface area contributed by atoms with Gasteiger partial charge in [0.25, 0.3) is 0 Å². The molecule has 26 heavy (non-hydrogen) atoms. The van der Waals surface area contributed by atoms with E-state index in [-0.39, 0.29) is 24.0 Å². The van der Waals surface area contributed by atoms with Crippen LogP contribution in [-0.2, 0) is 4.74 Å². The van der Waals surface area contributed by atoms with Gasteiger partial charge in [-0.2, -0.15) is 0 Å². The van der Waals surface area contributed by atoms with E-state index >= 15 is 0 Å². The Morgan fingerprint density at radius 2 is 2.08 bits per heavy atom. The first kappa shape index (κ1) is 18.6. The summed E-state index contributed by atoms with van der Waals surface area (Å²) in [6.45, 7) is 5.98. The summed E-state index contributed by atoms with van der Waals surface area (Å²) in [5.41, 5.74) is -0.657. The summed E-state index contributed by atoms with van der Waals surface area (Å²) in [6.07, 6.45) is 3.01. The number of esters is 1. The van der Waals surface area contributed by atoms with Crippen molar-refractivity contribution in [1.29, 1.82) is 0 Å². The summed E-state index contributed by atoms with van der Waals surface area (Å²) in [5.74, 6) is 6.15. The second-order valence-electron chi connectivity index (χ2n) is 8.18. The van der Waals surface area contributed by atoms with Crippen LogP contribution in [0.15, 0.2) is 29.4 Å². The highest BCUT2D eigenvalue weighted by Gasteiger charge is 2.70. The molecule has 5 heteroatoms. The molecule has 2 aliphatic rings. The molecular formula is C21H25NO4. The van der Waals surface area contributed by atoms with Gasteiger partial charge in [-0.05, 0) is 42.5 Å². The van der Waals surface area contributed by atoms with Crippen LogP contribution in [0.4, 0.5) is 0 Å². The van der Waals surface area contributed by atoms with Crippen molar-refractivity contribution in [3.8, 4) is 11.8 Å². The number of aliphatic hydroxyl groups excluding tert-OH is 1. The molecule has 0 aromatic heterocycles. The van der Waals surface area contributed by atoms with Crippen LogP contribution in [0.5, 0.6) is 0 Å². The lowest BCUT2D eigenvalue weighted by Gasteiger charge is -2.45. The average Bonchev–Trinajstić information content (AvgIpc) is 3.10. The van der Waals surface area contributed by atoms with Gasteiger partial charge in [0.15, 0.2) is 5.54 Å². The van der Waals surface area contributed by atoms with E-state index in [2.05, 4.69) is 37.8 Å². The maximum Gasteiger partial charge on any atom is 0.339 e. The Hall–Kier alpha value is -2.19. The largest absolute Gasteiger partial charge is 0.460 e. The molecule has 3 rings (SSSR count). The third-order valence-electron chi connectivity index (χ3n) is 6.55. The van der Waals surface area contributed by atoms with E-state index in [9.17, 15) is 9.70 Å². The number of benzene rings is 1. The Balaban J connectivity index is 2.02. The van der Waals surface area contributed by atoms with Crippen LogP contribution < -0.4 is 0 Å². The van der Waals surface area contributed by atoms with Crippen LogP contribution in [0.1, 0.15) is 56.0 Å². The number of hydrogen-bond donors (Lipinski definition) is 1. The molecule has 0 amide bonds. The topological polar surface area (TPSA) is 76.0 Å². The highest BCUT2D eigenvalue weighted by atomic mass is 16.5. The molecule has 3 atom stereocenters. The molecule has 0 radical (unpaired) electrons. The van der Waals surface area contributed by atoms with Crippen LogP contribution in [0.25, 0.3) is 0 Å². The molecule has 138 valence electrons. The summed E-state index contributed by atoms with van der Waals surface area (Å²) >= 11 is 0. The third-order valence-corrected chi connectivity index (χ3v) is 6.55. The SMILES string of the molecule is CC12CCC(C1)C(C)(C)C2(C#Cc1ccccc1C(=O)OCCO)N=O. The molecule has 0 saturated heterocycles. The minimum Gasteiger partial charge on any atom is -0.460 e. The molecule has 0 spiro atoms. The summed E-state index contributed by atoms with van der Waals surface area (Å²) in [7, 11) is 0. The number of rotatable bonds is 4. The van der Waals surface area contributed by atoms with E-state index in [4.69, 9.17) is 9.84 Å². The molecular weight excluding hydrogens is 330 g/mol. The van der Waals surface area contributed by atoms with Crippen molar-refractivity contribution in [2.24, 2.45) is 21.9 Å². The average molecular weight is 355 g/mol. The predicted molar refractivity (Wildman–Crippen MR) is 98.4 cm³/mol. The molecule has 0 aliphatic heterocycles. The summed E-state index contributed by atoms with van der Waals surface area (Å²) in [4.78, 5) is 24.3. The van der Waals surface area contributed by atoms with Gasteiger partial charge in [0.2, 0.25) is 0 Å². The molecule has 2 fully saturated rings. The normalized spacial score (nSPS) is 31.2. The van der Waals surface area contributed by atoms with Crippen molar-refractivity contribution < 1.29 is 14.6 Å². The van der Waals surface area contributed by atoms with Crippen molar-refractivity contribution in [2.45, 2.75) is 45.6 Å². The number of carbonyl (C=O) groups is 1. The molecule has 5 nitrogen and oxygen atoms in total. The summed E-state index contributed by atoms with van der Waals surface area (Å²) in [5, 5.41) is 12.4. The van der Waals surface area contributed by atoms with E-state index in [1.54, 1.807) is 24.3 Å². The maximum atomic E-state index is 12.2. The number of hydrogen-bond acceptors (Lipinski definition) is 5. The van der Waals surface area contributed by atoms with Crippen molar-refractivity contribution >= 4 is 5.97 Å². The summed E-state index contributed by atoms with van der Waals surface area (Å²) in [6, 6.07) is 6.90. The number of nitroso groups, excluding NO2 is 1. The molecule has 1 aromatic carbocycles. The lowest BCUT2D eigenvalue weighted by molar-refractivity contribution is 0.0433. The number of ether oxygens (including phenoxy) is 1. The zero-order chi connectivity index (χ0) is 19.0. The fourth-order valence-corrected chi connectivity index (χ4v) is 4.97. The van der Waals surface area contributed by atoms with Gasteiger partial charge in [0.1, 0.15) is 6.61 Å². The van der Waals surface area contributed by atoms with Crippen LogP contribution in [0, 0.1) is 33.5 Å². The van der Waals surface area contributed by atoms with E-state index in [1.165, 1.54) is 0 Å². The van der Waals surface area contributed by atoms with E-state index in [1.807, 2.05) is 0 Å². The number of fused-ring (bicyclic) bond motifs is 2. The molecule has 2 saturated carbocycles. The highest BCUT2D eigenvalue weighted by molar-refractivity contribution is 5.92. The van der Waals surface area contributed by atoms with Gasteiger partial charge >= 0.3 is 5.97 Å².